The zero-order chi connectivity index (χ0) is 16.2. The molecule has 0 aliphatic carbocycles. The van der Waals surface area contributed by atoms with E-state index in [4.69, 9.17) is 9.26 Å². The molecule has 0 saturated carbocycles. The smallest absolute Gasteiger partial charge is 0.321 e. The molecule has 118 valence electrons. The van der Waals surface area contributed by atoms with Crippen LogP contribution in [0.15, 0.2) is 39.8 Å². The van der Waals surface area contributed by atoms with E-state index >= 15 is 0 Å². The van der Waals surface area contributed by atoms with Crippen molar-refractivity contribution < 1.29 is 22.5 Å². The molecule has 0 spiro atoms. The normalized spacial score (nSPS) is 11.4. The Bertz CT molecular complexity index is 750. The van der Waals surface area contributed by atoms with Gasteiger partial charge in [-0.05, 0) is 26.0 Å². The predicted octanol–water partition coefficient (Wildman–Crippen LogP) is 1.31. The molecule has 2 rings (SSSR count). The lowest BCUT2D eigenvalue weighted by Gasteiger charge is -2.07. The van der Waals surface area contributed by atoms with E-state index in [1.165, 1.54) is 12.1 Å². The lowest BCUT2D eigenvalue weighted by atomic mass is 10.2. The average molecular weight is 324 g/mol. The lowest BCUT2D eigenvalue weighted by Crippen LogP contribution is -2.30. The van der Waals surface area contributed by atoms with Crippen molar-refractivity contribution in [2.24, 2.45) is 0 Å². The Morgan fingerprint density at radius 1 is 1.27 bits per heavy atom. The van der Waals surface area contributed by atoms with Crippen molar-refractivity contribution >= 4 is 16.0 Å². The van der Waals surface area contributed by atoms with Crippen molar-refractivity contribution in [3.05, 3.63) is 47.3 Å². The van der Waals surface area contributed by atoms with Gasteiger partial charge in [-0.15, -0.1) is 0 Å². The fraction of sp³-hybridized carbons (Fsp3) is 0.286. The molecule has 0 aliphatic rings. The molecule has 0 radical (unpaired) electrons. The Labute approximate surface area is 128 Å². The zero-order valence-electron chi connectivity index (χ0n) is 12.2. The standard InChI is InChI=1S/C14H16N2O5S/c1-10-3-5-13(6-4-10)22(18,19)15-8-14(17)20-9-12-7-11(2)21-16-12/h3-7,15H,8-9H2,1-2H3. The Hall–Kier alpha value is -2.19. The van der Waals surface area contributed by atoms with Crippen LogP contribution in [0, 0.1) is 13.8 Å². The monoisotopic (exact) mass is 324 g/mol. The van der Waals surface area contributed by atoms with E-state index in [-0.39, 0.29) is 11.5 Å². The number of nitrogens with one attached hydrogen (secondary N) is 1. The van der Waals surface area contributed by atoms with Crippen LogP contribution in [0.4, 0.5) is 0 Å². The number of hydrogen-bond acceptors (Lipinski definition) is 6. The fourth-order valence-electron chi connectivity index (χ4n) is 1.65. The van der Waals surface area contributed by atoms with Crippen LogP contribution in [0.1, 0.15) is 17.0 Å². The van der Waals surface area contributed by atoms with Crippen LogP contribution in [0.3, 0.4) is 0 Å². The molecule has 0 atom stereocenters. The molecule has 0 bridgehead atoms. The van der Waals surface area contributed by atoms with E-state index < -0.39 is 22.5 Å². The summed E-state index contributed by atoms with van der Waals surface area (Å²) in [5.41, 5.74) is 1.41. The highest BCUT2D eigenvalue weighted by Crippen LogP contribution is 2.09. The van der Waals surface area contributed by atoms with Gasteiger partial charge in [-0.3, -0.25) is 4.79 Å². The van der Waals surface area contributed by atoms with Gasteiger partial charge in [0.05, 0.1) is 4.90 Å². The molecule has 0 unspecified atom stereocenters. The van der Waals surface area contributed by atoms with Gasteiger partial charge in [0.25, 0.3) is 0 Å². The van der Waals surface area contributed by atoms with E-state index in [9.17, 15) is 13.2 Å². The second-order valence-corrected chi connectivity index (χ2v) is 6.49. The first-order valence-electron chi connectivity index (χ1n) is 6.51. The van der Waals surface area contributed by atoms with E-state index in [1.807, 2.05) is 6.92 Å². The number of hydrogen-bond donors (Lipinski definition) is 1. The molecule has 7 nitrogen and oxygen atoms in total. The Kier molecular flexibility index (Phi) is 4.94. The lowest BCUT2D eigenvalue weighted by molar-refractivity contribution is -0.143. The number of aryl methyl sites for hydroxylation is 2. The first-order valence-corrected chi connectivity index (χ1v) is 7.99. The van der Waals surface area contributed by atoms with Crippen LogP contribution < -0.4 is 4.72 Å². The van der Waals surface area contributed by atoms with Gasteiger partial charge in [0, 0.05) is 6.07 Å². The van der Waals surface area contributed by atoms with Crippen molar-refractivity contribution in [3.63, 3.8) is 0 Å². The van der Waals surface area contributed by atoms with Crippen molar-refractivity contribution in [1.29, 1.82) is 0 Å². The highest BCUT2D eigenvalue weighted by Gasteiger charge is 2.16. The fourth-order valence-corrected chi connectivity index (χ4v) is 2.62. The number of aromatic nitrogens is 1. The first kappa shape index (κ1) is 16.2. The second kappa shape index (κ2) is 6.71. The second-order valence-electron chi connectivity index (χ2n) is 4.73. The molecule has 1 heterocycles. The number of nitrogens with zero attached hydrogens (tertiary/aromatic N) is 1. The number of rotatable bonds is 6. The van der Waals surface area contributed by atoms with Crippen LogP contribution in [0.2, 0.25) is 0 Å². The van der Waals surface area contributed by atoms with Crippen LogP contribution >= 0.6 is 0 Å². The summed E-state index contributed by atoms with van der Waals surface area (Å²) in [7, 11) is -3.74. The van der Waals surface area contributed by atoms with E-state index in [0.717, 1.165) is 5.56 Å². The minimum absolute atomic E-state index is 0.0670. The highest BCUT2D eigenvalue weighted by molar-refractivity contribution is 7.89. The van der Waals surface area contributed by atoms with Crippen molar-refractivity contribution in [2.75, 3.05) is 6.54 Å². The summed E-state index contributed by atoms with van der Waals surface area (Å²) >= 11 is 0. The van der Waals surface area contributed by atoms with Crippen LogP contribution in [-0.4, -0.2) is 26.1 Å². The number of esters is 1. The molecule has 0 aliphatic heterocycles. The quantitative estimate of drug-likeness (QED) is 0.805. The Morgan fingerprint density at radius 3 is 2.55 bits per heavy atom. The van der Waals surface area contributed by atoms with Gasteiger partial charge < -0.3 is 9.26 Å². The SMILES string of the molecule is Cc1ccc(S(=O)(=O)NCC(=O)OCc2cc(C)on2)cc1. The summed E-state index contributed by atoms with van der Waals surface area (Å²) in [5.74, 6) is -0.0949. The Balaban J connectivity index is 1.86. The third-order valence-electron chi connectivity index (χ3n) is 2.80. The third-order valence-corrected chi connectivity index (χ3v) is 4.21. The van der Waals surface area contributed by atoms with Crippen LogP contribution in [-0.2, 0) is 26.2 Å². The van der Waals surface area contributed by atoms with Gasteiger partial charge in [0.2, 0.25) is 10.0 Å². The largest absolute Gasteiger partial charge is 0.458 e. The van der Waals surface area contributed by atoms with Crippen molar-refractivity contribution in [3.8, 4) is 0 Å². The summed E-state index contributed by atoms with van der Waals surface area (Å²) in [6.07, 6.45) is 0. The maximum atomic E-state index is 12.0. The molecule has 22 heavy (non-hydrogen) atoms. The van der Waals surface area contributed by atoms with Gasteiger partial charge in [-0.25, -0.2) is 8.42 Å². The minimum atomic E-state index is -3.74. The summed E-state index contributed by atoms with van der Waals surface area (Å²) in [5, 5.41) is 3.66. The predicted molar refractivity (Wildman–Crippen MR) is 77.4 cm³/mol. The van der Waals surface area contributed by atoms with Gasteiger partial charge >= 0.3 is 5.97 Å². The number of sulfonamides is 1. The summed E-state index contributed by atoms with van der Waals surface area (Å²) in [6, 6.07) is 7.94. The molecular formula is C14H16N2O5S. The topological polar surface area (TPSA) is 98.5 Å². The van der Waals surface area contributed by atoms with E-state index in [0.29, 0.717) is 11.5 Å². The molecule has 2 aromatic rings. The maximum absolute atomic E-state index is 12.0. The van der Waals surface area contributed by atoms with Gasteiger partial charge in [-0.1, -0.05) is 22.9 Å². The number of ether oxygens (including phenoxy) is 1. The summed E-state index contributed by atoms with van der Waals surface area (Å²) in [6.45, 7) is 3.05. The molecule has 0 fully saturated rings. The third kappa shape index (κ3) is 4.40. The molecular weight excluding hydrogens is 308 g/mol. The molecule has 8 heteroatoms. The number of benzene rings is 1. The molecule has 0 amide bonds. The summed E-state index contributed by atoms with van der Waals surface area (Å²) < 4.78 is 35.9. The average Bonchev–Trinajstić information content (AvgIpc) is 2.89. The molecule has 0 saturated heterocycles. The number of carbonyl (C=O) groups excluding carboxylic acids is 1. The van der Waals surface area contributed by atoms with Crippen LogP contribution in [0.25, 0.3) is 0 Å². The van der Waals surface area contributed by atoms with Crippen molar-refractivity contribution in [2.45, 2.75) is 25.3 Å². The molecule has 1 aromatic heterocycles. The van der Waals surface area contributed by atoms with Crippen molar-refractivity contribution in [1.82, 2.24) is 9.88 Å². The highest BCUT2D eigenvalue weighted by atomic mass is 32.2. The first-order chi connectivity index (χ1) is 10.4. The van der Waals surface area contributed by atoms with E-state index in [2.05, 4.69) is 9.88 Å². The minimum Gasteiger partial charge on any atom is -0.458 e. The Morgan fingerprint density at radius 2 is 1.95 bits per heavy atom. The molecule has 1 N–H and O–H groups in total. The van der Waals surface area contributed by atoms with Gasteiger partial charge in [-0.2, -0.15) is 4.72 Å². The molecule has 1 aromatic carbocycles. The van der Waals surface area contributed by atoms with Gasteiger partial charge in [0.1, 0.15) is 24.6 Å². The number of carbonyl (C=O) groups is 1. The van der Waals surface area contributed by atoms with E-state index in [1.54, 1.807) is 25.1 Å². The van der Waals surface area contributed by atoms with Crippen LogP contribution in [0.5, 0.6) is 0 Å². The summed E-state index contributed by atoms with van der Waals surface area (Å²) in [4.78, 5) is 11.6. The zero-order valence-corrected chi connectivity index (χ0v) is 13.0. The van der Waals surface area contributed by atoms with Gasteiger partial charge in [0.15, 0.2) is 0 Å². The maximum Gasteiger partial charge on any atom is 0.321 e.